The maximum Gasteiger partial charge on any atom is 0.417 e. The molecule has 0 radical (unpaired) electrons. The highest BCUT2D eigenvalue weighted by molar-refractivity contribution is 6.30. The van der Waals surface area contributed by atoms with Crippen LogP contribution in [0.15, 0.2) is 18.3 Å². The molecular weight excluding hydrogens is 255 g/mol. The molecule has 2 aromatic rings. The number of alkyl halides is 3. The fraction of sp³-hybridized carbons (Fsp3) is 0.300. The Labute approximate surface area is 100 Å². The number of hydrogen-bond donors (Lipinski definition) is 1. The summed E-state index contributed by atoms with van der Waals surface area (Å²) in [7, 11) is 1.71. The van der Waals surface area contributed by atoms with Gasteiger partial charge in [0.05, 0.1) is 11.3 Å². The fourth-order valence-corrected chi connectivity index (χ4v) is 1.76. The number of nitrogens with one attached hydrogen (secondary N) is 1. The summed E-state index contributed by atoms with van der Waals surface area (Å²) in [5.74, 6) is 0. The van der Waals surface area contributed by atoms with E-state index in [4.69, 9.17) is 11.6 Å². The summed E-state index contributed by atoms with van der Waals surface area (Å²) < 4.78 is 38.8. The molecule has 2 aromatic heterocycles. The van der Waals surface area contributed by atoms with Crippen molar-refractivity contribution in [2.24, 2.45) is 0 Å². The van der Waals surface area contributed by atoms with Crippen LogP contribution in [0.1, 0.15) is 11.3 Å². The fourth-order valence-electron chi connectivity index (χ4n) is 1.51. The van der Waals surface area contributed by atoms with Gasteiger partial charge in [-0.25, -0.2) is 4.98 Å². The third-order valence-corrected chi connectivity index (χ3v) is 2.70. The summed E-state index contributed by atoms with van der Waals surface area (Å²) >= 11 is 5.95. The molecule has 0 fully saturated rings. The largest absolute Gasteiger partial charge is 0.417 e. The molecule has 0 amide bonds. The van der Waals surface area contributed by atoms with Crippen molar-refractivity contribution in [2.45, 2.75) is 12.7 Å². The molecule has 0 aromatic carbocycles. The highest BCUT2D eigenvalue weighted by Gasteiger charge is 2.31. The van der Waals surface area contributed by atoms with Crippen molar-refractivity contribution in [3.05, 3.63) is 34.7 Å². The average Bonchev–Trinajstić information content (AvgIpc) is 2.55. The number of fused-ring (bicyclic) bond motifs is 1. The van der Waals surface area contributed by atoms with E-state index in [1.54, 1.807) is 7.05 Å². The molecule has 0 saturated carbocycles. The molecule has 0 aliphatic carbocycles. The topological polar surface area (TPSA) is 29.3 Å². The Balaban J connectivity index is 2.57. The quantitative estimate of drug-likeness (QED) is 0.903. The van der Waals surface area contributed by atoms with Crippen LogP contribution in [0.3, 0.4) is 0 Å². The molecule has 92 valence electrons. The molecule has 1 N–H and O–H groups in total. The van der Waals surface area contributed by atoms with E-state index in [-0.39, 0.29) is 5.15 Å². The average molecular weight is 264 g/mol. The van der Waals surface area contributed by atoms with Gasteiger partial charge in [0.2, 0.25) is 0 Å². The van der Waals surface area contributed by atoms with Crippen LogP contribution in [0.25, 0.3) is 5.65 Å². The van der Waals surface area contributed by atoms with E-state index in [0.717, 1.165) is 12.3 Å². The number of halogens is 4. The van der Waals surface area contributed by atoms with Gasteiger partial charge in [0.1, 0.15) is 10.8 Å². The summed E-state index contributed by atoms with van der Waals surface area (Å²) in [4.78, 5) is 4.13. The zero-order valence-electron chi connectivity index (χ0n) is 8.85. The standard InChI is InChI=1S/C10H9ClF3N3/c1-15-4-7-9(11)17-5-6(10(12,13)14)2-3-8(17)16-7/h2-3,5,15H,4H2,1H3. The first kappa shape index (κ1) is 12.2. The van der Waals surface area contributed by atoms with Crippen LogP contribution in [0.2, 0.25) is 5.15 Å². The van der Waals surface area contributed by atoms with Gasteiger partial charge >= 0.3 is 6.18 Å². The van der Waals surface area contributed by atoms with E-state index in [1.165, 1.54) is 10.5 Å². The predicted octanol–water partition coefficient (Wildman–Crippen LogP) is 2.73. The first-order chi connectivity index (χ1) is 7.93. The van der Waals surface area contributed by atoms with Crippen molar-refractivity contribution in [1.82, 2.24) is 14.7 Å². The number of nitrogens with zero attached hydrogens (tertiary/aromatic N) is 2. The van der Waals surface area contributed by atoms with E-state index in [0.29, 0.717) is 17.9 Å². The maximum absolute atomic E-state index is 12.5. The second kappa shape index (κ2) is 4.19. The summed E-state index contributed by atoms with van der Waals surface area (Å²) in [5, 5.41) is 3.04. The molecule has 2 heterocycles. The number of hydrogen-bond acceptors (Lipinski definition) is 2. The first-order valence-corrected chi connectivity index (χ1v) is 5.19. The Morgan fingerprint density at radius 2 is 2.12 bits per heavy atom. The van der Waals surface area contributed by atoms with E-state index in [1.807, 2.05) is 0 Å². The zero-order chi connectivity index (χ0) is 12.6. The lowest BCUT2D eigenvalue weighted by Crippen LogP contribution is -2.06. The van der Waals surface area contributed by atoms with Gasteiger partial charge < -0.3 is 5.32 Å². The molecule has 0 atom stereocenters. The molecule has 0 unspecified atom stereocenters. The molecule has 0 spiro atoms. The van der Waals surface area contributed by atoms with E-state index >= 15 is 0 Å². The second-order valence-corrected chi connectivity index (χ2v) is 3.88. The molecule has 0 aliphatic heterocycles. The van der Waals surface area contributed by atoms with Crippen molar-refractivity contribution >= 4 is 17.2 Å². The first-order valence-electron chi connectivity index (χ1n) is 4.82. The van der Waals surface area contributed by atoms with Crippen LogP contribution in [0.4, 0.5) is 13.2 Å². The number of pyridine rings is 1. The third kappa shape index (κ3) is 2.23. The van der Waals surface area contributed by atoms with Crippen molar-refractivity contribution in [2.75, 3.05) is 7.05 Å². The molecule has 2 rings (SSSR count). The van der Waals surface area contributed by atoms with Crippen LogP contribution in [0, 0.1) is 0 Å². The highest BCUT2D eigenvalue weighted by atomic mass is 35.5. The van der Waals surface area contributed by atoms with E-state index in [9.17, 15) is 13.2 Å². The van der Waals surface area contributed by atoms with Crippen molar-refractivity contribution in [3.8, 4) is 0 Å². The van der Waals surface area contributed by atoms with Crippen LogP contribution >= 0.6 is 11.6 Å². The predicted molar refractivity (Wildman–Crippen MR) is 58.0 cm³/mol. The van der Waals surface area contributed by atoms with Gasteiger partial charge in [-0.3, -0.25) is 4.40 Å². The van der Waals surface area contributed by atoms with Gasteiger partial charge in [0.15, 0.2) is 0 Å². The van der Waals surface area contributed by atoms with Gasteiger partial charge in [-0.05, 0) is 19.2 Å². The van der Waals surface area contributed by atoms with Crippen molar-refractivity contribution in [3.63, 3.8) is 0 Å². The number of imidazole rings is 1. The molecule has 0 saturated heterocycles. The third-order valence-electron chi connectivity index (χ3n) is 2.30. The minimum atomic E-state index is -4.38. The Bertz CT molecular complexity index is 547. The molecule has 7 heteroatoms. The smallest absolute Gasteiger partial charge is 0.314 e. The number of aromatic nitrogens is 2. The van der Waals surface area contributed by atoms with Gasteiger partial charge in [-0.2, -0.15) is 13.2 Å². The maximum atomic E-state index is 12.5. The summed E-state index contributed by atoms with van der Waals surface area (Å²) in [6.07, 6.45) is -3.44. The van der Waals surface area contributed by atoms with Crippen molar-refractivity contribution in [1.29, 1.82) is 0 Å². The Morgan fingerprint density at radius 3 is 2.71 bits per heavy atom. The van der Waals surface area contributed by atoms with Gasteiger partial charge in [-0.15, -0.1) is 0 Å². The molecular formula is C10H9ClF3N3. The molecule has 17 heavy (non-hydrogen) atoms. The summed E-state index contributed by atoms with van der Waals surface area (Å²) in [6.45, 7) is 0.405. The van der Waals surface area contributed by atoms with Crippen LogP contribution in [-0.4, -0.2) is 16.4 Å². The van der Waals surface area contributed by atoms with Crippen LogP contribution in [-0.2, 0) is 12.7 Å². The SMILES string of the molecule is CNCc1nc2ccc(C(F)(F)F)cn2c1Cl. The lowest BCUT2D eigenvalue weighted by molar-refractivity contribution is -0.137. The highest BCUT2D eigenvalue weighted by Crippen LogP contribution is 2.30. The number of rotatable bonds is 2. The minimum absolute atomic E-state index is 0.195. The van der Waals surface area contributed by atoms with Crippen LogP contribution < -0.4 is 5.32 Å². The van der Waals surface area contributed by atoms with Gasteiger partial charge in [-0.1, -0.05) is 11.6 Å². The van der Waals surface area contributed by atoms with Gasteiger partial charge in [0.25, 0.3) is 0 Å². The lowest BCUT2D eigenvalue weighted by atomic mass is 10.3. The monoisotopic (exact) mass is 263 g/mol. The van der Waals surface area contributed by atoms with Gasteiger partial charge in [0, 0.05) is 12.7 Å². The normalized spacial score (nSPS) is 12.3. The lowest BCUT2D eigenvalue weighted by Gasteiger charge is -2.06. The molecule has 0 aliphatic rings. The Kier molecular flexibility index (Phi) is 3.01. The second-order valence-electron chi connectivity index (χ2n) is 3.52. The van der Waals surface area contributed by atoms with E-state index in [2.05, 4.69) is 10.3 Å². The molecule has 0 bridgehead atoms. The van der Waals surface area contributed by atoms with E-state index < -0.39 is 11.7 Å². The minimum Gasteiger partial charge on any atom is -0.314 e. The Morgan fingerprint density at radius 1 is 1.41 bits per heavy atom. The van der Waals surface area contributed by atoms with Crippen LogP contribution in [0.5, 0.6) is 0 Å². The summed E-state index contributed by atoms with van der Waals surface area (Å²) in [6, 6.07) is 2.29. The molecule has 3 nitrogen and oxygen atoms in total. The zero-order valence-corrected chi connectivity index (χ0v) is 9.60. The van der Waals surface area contributed by atoms with Crippen molar-refractivity contribution < 1.29 is 13.2 Å². The summed E-state index contributed by atoms with van der Waals surface area (Å²) in [5.41, 5.74) is 0.169. The Hall–Kier alpha value is -1.27.